The lowest BCUT2D eigenvalue weighted by Crippen LogP contribution is -2.12. The van der Waals surface area contributed by atoms with Gasteiger partial charge in [-0.3, -0.25) is 0 Å². The number of aromatic nitrogens is 2. The van der Waals surface area contributed by atoms with Gasteiger partial charge in [0.05, 0.1) is 0 Å². The molecule has 0 amide bonds. The molecule has 3 nitrogen and oxygen atoms in total. The van der Waals surface area contributed by atoms with E-state index in [4.69, 9.17) is 4.74 Å². The smallest absolute Gasteiger partial charge is 0.159 e. The molecule has 3 aromatic rings. The molecule has 3 rings (SSSR count). The lowest BCUT2D eigenvalue weighted by Gasteiger charge is -2.10. The second-order valence-corrected chi connectivity index (χ2v) is 7.67. The number of hydrogen-bond acceptors (Lipinski definition) is 3. The molecular weight excluding hydrogens is 375 g/mol. The highest BCUT2D eigenvalue weighted by Gasteiger charge is 2.07. The van der Waals surface area contributed by atoms with Gasteiger partial charge in [-0.05, 0) is 42.5 Å². The molecule has 0 aliphatic carbocycles. The number of unbranched alkanes of at least 4 members (excludes halogenated alkanes) is 2. The van der Waals surface area contributed by atoms with E-state index in [1.807, 2.05) is 43.6 Å². The van der Waals surface area contributed by atoms with Gasteiger partial charge in [-0.25, -0.2) is 14.4 Å². The van der Waals surface area contributed by atoms with Crippen molar-refractivity contribution in [1.82, 2.24) is 9.97 Å². The fourth-order valence-corrected chi connectivity index (χ4v) is 3.35. The van der Waals surface area contributed by atoms with Crippen LogP contribution in [0.3, 0.4) is 0 Å². The van der Waals surface area contributed by atoms with Crippen molar-refractivity contribution in [2.75, 3.05) is 6.61 Å². The molecular formula is C26H31FN2O. The zero-order valence-corrected chi connectivity index (χ0v) is 18.0. The normalized spacial score (nSPS) is 12.0. The molecule has 0 aliphatic rings. The first-order valence-electron chi connectivity index (χ1n) is 11.0. The summed E-state index contributed by atoms with van der Waals surface area (Å²) in [7, 11) is 0. The molecule has 4 heteroatoms. The van der Waals surface area contributed by atoms with E-state index in [2.05, 4.69) is 41.2 Å². The maximum absolute atomic E-state index is 13.6. The van der Waals surface area contributed by atoms with Gasteiger partial charge in [0.2, 0.25) is 0 Å². The van der Waals surface area contributed by atoms with Crippen LogP contribution in [0.15, 0.2) is 60.9 Å². The van der Waals surface area contributed by atoms with E-state index >= 15 is 0 Å². The standard InChI is InChI=1S/C26H31FN2O/c1-3-5-6-8-20-9-11-22(12-10-20)26-28-17-23(18-29-26)21-13-15-25(16-14-21)30-19-24(27)7-4-2/h9-18,24H,3-8,19H2,1-2H3. The molecule has 0 spiro atoms. The summed E-state index contributed by atoms with van der Waals surface area (Å²) in [5.41, 5.74) is 4.33. The molecule has 0 fully saturated rings. The minimum Gasteiger partial charge on any atom is -0.491 e. The molecule has 1 unspecified atom stereocenters. The minimum absolute atomic E-state index is 0.0996. The van der Waals surface area contributed by atoms with Crippen molar-refractivity contribution < 1.29 is 9.13 Å². The van der Waals surface area contributed by atoms with E-state index in [0.29, 0.717) is 12.2 Å². The summed E-state index contributed by atoms with van der Waals surface area (Å²) in [6.07, 6.45) is 8.99. The second-order valence-electron chi connectivity index (χ2n) is 7.67. The molecule has 0 N–H and O–H groups in total. The molecule has 1 aromatic heterocycles. The summed E-state index contributed by atoms with van der Waals surface area (Å²) in [6, 6.07) is 16.2. The fourth-order valence-electron chi connectivity index (χ4n) is 3.35. The van der Waals surface area contributed by atoms with Gasteiger partial charge in [0.25, 0.3) is 0 Å². The van der Waals surface area contributed by atoms with Gasteiger partial charge in [-0.2, -0.15) is 0 Å². The second kappa shape index (κ2) is 11.4. The summed E-state index contributed by atoms with van der Waals surface area (Å²) in [5, 5.41) is 0. The highest BCUT2D eigenvalue weighted by Crippen LogP contribution is 2.23. The monoisotopic (exact) mass is 406 g/mol. The Kier molecular flexibility index (Phi) is 8.37. The Morgan fingerprint density at radius 1 is 0.800 bits per heavy atom. The van der Waals surface area contributed by atoms with Crippen LogP contribution in [0, 0.1) is 0 Å². The lowest BCUT2D eigenvalue weighted by atomic mass is 10.0. The molecule has 0 aliphatic heterocycles. The van der Waals surface area contributed by atoms with E-state index in [9.17, 15) is 4.39 Å². The largest absolute Gasteiger partial charge is 0.491 e. The molecule has 30 heavy (non-hydrogen) atoms. The van der Waals surface area contributed by atoms with Crippen molar-refractivity contribution in [2.24, 2.45) is 0 Å². The van der Waals surface area contributed by atoms with Crippen LogP contribution >= 0.6 is 0 Å². The van der Waals surface area contributed by atoms with E-state index in [1.165, 1.54) is 24.8 Å². The third-order valence-corrected chi connectivity index (χ3v) is 5.15. The van der Waals surface area contributed by atoms with Gasteiger partial charge < -0.3 is 4.74 Å². The maximum Gasteiger partial charge on any atom is 0.159 e. The Morgan fingerprint density at radius 3 is 2.10 bits per heavy atom. The van der Waals surface area contributed by atoms with Crippen LogP contribution in [-0.4, -0.2) is 22.7 Å². The third kappa shape index (κ3) is 6.38. The molecule has 158 valence electrons. The van der Waals surface area contributed by atoms with Gasteiger partial charge in [0.1, 0.15) is 18.5 Å². The fraction of sp³-hybridized carbons (Fsp3) is 0.385. The van der Waals surface area contributed by atoms with Gasteiger partial charge in [-0.1, -0.05) is 69.5 Å². The predicted molar refractivity (Wildman–Crippen MR) is 121 cm³/mol. The Morgan fingerprint density at radius 2 is 1.47 bits per heavy atom. The highest BCUT2D eigenvalue weighted by molar-refractivity contribution is 5.64. The topological polar surface area (TPSA) is 35.0 Å². The van der Waals surface area contributed by atoms with Crippen molar-refractivity contribution in [3.05, 3.63) is 66.5 Å². The van der Waals surface area contributed by atoms with E-state index < -0.39 is 6.17 Å². The lowest BCUT2D eigenvalue weighted by molar-refractivity contribution is 0.186. The zero-order valence-electron chi connectivity index (χ0n) is 18.0. The van der Waals surface area contributed by atoms with Crippen LogP contribution in [0.4, 0.5) is 4.39 Å². The number of hydrogen-bond donors (Lipinski definition) is 0. The van der Waals surface area contributed by atoms with Gasteiger partial charge in [-0.15, -0.1) is 0 Å². The van der Waals surface area contributed by atoms with Crippen molar-refractivity contribution in [2.45, 2.75) is 58.5 Å². The first-order chi connectivity index (χ1) is 14.7. The molecule has 0 radical (unpaired) electrons. The SMILES string of the molecule is CCCCCc1ccc(-c2ncc(-c3ccc(OCC(F)CCC)cc3)cn2)cc1. The van der Waals surface area contributed by atoms with Gasteiger partial charge >= 0.3 is 0 Å². The number of alkyl halides is 1. The number of nitrogens with zero attached hydrogens (tertiary/aromatic N) is 2. The van der Waals surface area contributed by atoms with E-state index in [0.717, 1.165) is 35.4 Å². The Bertz CT molecular complexity index is 876. The summed E-state index contributed by atoms with van der Waals surface area (Å²) in [5.74, 6) is 1.40. The van der Waals surface area contributed by atoms with Crippen molar-refractivity contribution >= 4 is 0 Å². The zero-order chi connectivity index (χ0) is 21.2. The van der Waals surface area contributed by atoms with Crippen LogP contribution in [0.5, 0.6) is 5.75 Å². The maximum atomic E-state index is 13.6. The van der Waals surface area contributed by atoms with E-state index in [1.54, 1.807) is 0 Å². The Hall–Kier alpha value is -2.75. The minimum atomic E-state index is -0.916. The summed E-state index contributed by atoms with van der Waals surface area (Å²) < 4.78 is 19.1. The summed E-state index contributed by atoms with van der Waals surface area (Å²) >= 11 is 0. The average Bonchev–Trinajstić information content (AvgIpc) is 2.79. The Labute approximate surface area is 179 Å². The molecule has 0 saturated heterocycles. The number of aryl methyl sites for hydroxylation is 1. The average molecular weight is 407 g/mol. The van der Waals surface area contributed by atoms with Crippen molar-refractivity contribution in [3.63, 3.8) is 0 Å². The van der Waals surface area contributed by atoms with Crippen LogP contribution in [0.25, 0.3) is 22.5 Å². The summed E-state index contributed by atoms with van der Waals surface area (Å²) in [4.78, 5) is 9.08. The molecule has 2 aromatic carbocycles. The van der Waals surface area contributed by atoms with Crippen LogP contribution in [0.2, 0.25) is 0 Å². The van der Waals surface area contributed by atoms with E-state index in [-0.39, 0.29) is 6.61 Å². The van der Waals surface area contributed by atoms with Crippen LogP contribution in [-0.2, 0) is 6.42 Å². The van der Waals surface area contributed by atoms with Crippen LogP contribution < -0.4 is 4.74 Å². The number of rotatable bonds is 11. The Balaban J connectivity index is 1.60. The molecule has 1 atom stereocenters. The van der Waals surface area contributed by atoms with Crippen molar-refractivity contribution in [1.29, 1.82) is 0 Å². The molecule has 0 saturated carbocycles. The van der Waals surface area contributed by atoms with Crippen molar-refractivity contribution in [3.8, 4) is 28.3 Å². The summed E-state index contributed by atoms with van der Waals surface area (Å²) in [6.45, 7) is 4.29. The first-order valence-corrected chi connectivity index (χ1v) is 11.0. The molecule has 0 bridgehead atoms. The molecule has 1 heterocycles. The number of benzene rings is 2. The van der Waals surface area contributed by atoms with Crippen LogP contribution in [0.1, 0.15) is 51.5 Å². The third-order valence-electron chi connectivity index (χ3n) is 5.15. The predicted octanol–water partition coefficient (Wildman–Crippen LogP) is 7.06. The first kappa shape index (κ1) is 21.9. The van der Waals surface area contributed by atoms with Gasteiger partial charge in [0.15, 0.2) is 5.82 Å². The highest BCUT2D eigenvalue weighted by atomic mass is 19.1. The number of halogens is 1. The van der Waals surface area contributed by atoms with Gasteiger partial charge in [0, 0.05) is 23.5 Å². The quantitative estimate of drug-likeness (QED) is 0.320. The number of ether oxygens (including phenoxy) is 1.